The molecule has 19 heavy (non-hydrogen) atoms. The zero-order valence-electron chi connectivity index (χ0n) is 11.0. The Morgan fingerprint density at radius 3 is 2.58 bits per heavy atom. The van der Waals surface area contributed by atoms with E-state index in [9.17, 15) is 4.79 Å². The van der Waals surface area contributed by atoms with E-state index in [1.807, 2.05) is 49.4 Å². The van der Waals surface area contributed by atoms with E-state index >= 15 is 0 Å². The number of benzene rings is 2. The minimum Gasteiger partial charge on any atom is -0.321 e. The van der Waals surface area contributed by atoms with Gasteiger partial charge >= 0.3 is 0 Å². The highest BCUT2D eigenvalue weighted by atomic mass is 79.9. The molecule has 0 fully saturated rings. The van der Waals surface area contributed by atoms with Crippen LogP contribution in [0.4, 0.5) is 5.69 Å². The summed E-state index contributed by atoms with van der Waals surface area (Å²) < 4.78 is 0.911. The average Bonchev–Trinajstić information content (AvgIpc) is 2.41. The number of nitrogens with one attached hydrogen (secondary N) is 1. The van der Waals surface area contributed by atoms with Crippen molar-refractivity contribution in [3.05, 3.63) is 63.6 Å². The molecule has 0 aliphatic rings. The number of halogens is 1. The number of amides is 1. The van der Waals surface area contributed by atoms with Crippen LogP contribution in [0.1, 0.15) is 28.4 Å². The maximum Gasteiger partial charge on any atom is 0.255 e. The number of hydrogen-bond acceptors (Lipinski definition) is 1. The summed E-state index contributed by atoms with van der Waals surface area (Å²) in [6.45, 7) is 4.04. The fourth-order valence-electron chi connectivity index (χ4n) is 1.90. The number of rotatable bonds is 3. The quantitative estimate of drug-likeness (QED) is 0.882. The van der Waals surface area contributed by atoms with Crippen LogP contribution in [0.5, 0.6) is 0 Å². The fourth-order valence-corrected chi connectivity index (χ4v) is 2.42. The number of aryl methyl sites for hydroxylation is 2. The van der Waals surface area contributed by atoms with Crippen molar-refractivity contribution in [3.8, 4) is 0 Å². The van der Waals surface area contributed by atoms with Crippen molar-refractivity contribution in [2.75, 3.05) is 5.32 Å². The van der Waals surface area contributed by atoms with Crippen LogP contribution in [0.15, 0.2) is 46.9 Å². The second kappa shape index (κ2) is 6.02. The Morgan fingerprint density at radius 1 is 1.21 bits per heavy atom. The van der Waals surface area contributed by atoms with E-state index in [1.165, 1.54) is 5.56 Å². The van der Waals surface area contributed by atoms with Crippen LogP contribution in [0.3, 0.4) is 0 Å². The highest BCUT2D eigenvalue weighted by molar-refractivity contribution is 9.10. The van der Waals surface area contributed by atoms with Gasteiger partial charge in [0.1, 0.15) is 0 Å². The van der Waals surface area contributed by atoms with E-state index < -0.39 is 0 Å². The molecular weight excluding hydrogens is 302 g/mol. The third-order valence-corrected chi connectivity index (χ3v) is 3.74. The van der Waals surface area contributed by atoms with Gasteiger partial charge in [-0.3, -0.25) is 4.79 Å². The normalized spacial score (nSPS) is 10.3. The summed E-state index contributed by atoms with van der Waals surface area (Å²) in [5.41, 5.74) is 3.71. The standard InChI is InChI=1S/C16H16BrNO/c1-3-12-8-9-15(14(17)10-12)18-16(19)13-7-5-4-6-11(13)2/h4-10H,3H2,1-2H3,(H,18,19). The van der Waals surface area contributed by atoms with Gasteiger partial charge in [-0.2, -0.15) is 0 Å². The lowest BCUT2D eigenvalue weighted by atomic mass is 10.1. The van der Waals surface area contributed by atoms with Gasteiger partial charge in [0.15, 0.2) is 0 Å². The van der Waals surface area contributed by atoms with Gasteiger partial charge in [-0.25, -0.2) is 0 Å². The molecule has 1 amide bonds. The molecule has 0 atom stereocenters. The van der Waals surface area contributed by atoms with E-state index in [-0.39, 0.29) is 5.91 Å². The first-order valence-electron chi connectivity index (χ1n) is 6.27. The third kappa shape index (κ3) is 3.24. The lowest BCUT2D eigenvalue weighted by Crippen LogP contribution is -2.13. The molecule has 0 aliphatic carbocycles. The van der Waals surface area contributed by atoms with Crippen molar-refractivity contribution in [2.45, 2.75) is 20.3 Å². The van der Waals surface area contributed by atoms with E-state index in [1.54, 1.807) is 0 Å². The highest BCUT2D eigenvalue weighted by Gasteiger charge is 2.10. The fraction of sp³-hybridized carbons (Fsp3) is 0.188. The molecule has 0 heterocycles. The monoisotopic (exact) mass is 317 g/mol. The highest BCUT2D eigenvalue weighted by Crippen LogP contribution is 2.24. The molecule has 0 spiro atoms. The minimum atomic E-state index is -0.0805. The van der Waals surface area contributed by atoms with Gasteiger partial charge in [0.2, 0.25) is 0 Å². The molecule has 0 aromatic heterocycles. The van der Waals surface area contributed by atoms with Crippen molar-refractivity contribution in [3.63, 3.8) is 0 Å². The molecule has 3 heteroatoms. The first-order valence-corrected chi connectivity index (χ1v) is 7.06. The molecule has 0 unspecified atom stereocenters. The van der Waals surface area contributed by atoms with Crippen LogP contribution >= 0.6 is 15.9 Å². The number of carbonyl (C=O) groups excluding carboxylic acids is 1. The largest absolute Gasteiger partial charge is 0.321 e. The van der Waals surface area contributed by atoms with Gasteiger partial charge in [0.25, 0.3) is 5.91 Å². The summed E-state index contributed by atoms with van der Waals surface area (Å²) >= 11 is 3.49. The summed E-state index contributed by atoms with van der Waals surface area (Å²) in [6.07, 6.45) is 0.977. The number of anilines is 1. The van der Waals surface area contributed by atoms with Gasteiger partial charge in [-0.15, -0.1) is 0 Å². The molecule has 1 N–H and O–H groups in total. The second-order valence-corrected chi connectivity index (χ2v) is 5.29. The van der Waals surface area contributed by atoms with Crippen LogP contribution in [-0.4, -0.2) is 5.91 Å². The van der Waals surface area contributed by atoms with E-state index in [0.717, 1.165) is 22.1 Å². The van der Waals surface area contributed by atoms with Gasteiger partial charge in [0.05, 0.1) is 5.69 Å². The molecule has 0 bridgehead atoms. The van der Waals surface area contributed by atoms with Crippen molar-refractivity contribution in [1.29, 1.82) is 0 Å². The Bertz CT molecular complexity index is 607. The van der Waals surface area contributed by atoms with Crippen molar-refractivity contribution in [1.82, 2.24) is 0 Å². The van der Waals surface area contributed by atoms with Gasteiger partial charge in [-0.1, -0.05) is 31.2 Å². The minimum absolute atomic E-state index is 0.0805. The molecule has 2 nitrogen and oxygen atoms in total. The van der Waals surface area contributed by atoms with Crippen LogP contribution in [0, 0.1) is 6.92 Å². The van der Waals surface area contributed by atoms with Gasteiger partial charge in [-0.05, 0) is 58.6 Å². The van der Waals surface area contributed by atoms with Crippen molar-refractivity contribution in [2.24, 2.45) is 0 Å². The molecule has 98 valence electrons. The smallest absolute Gasteiger partial charge is 0.255 e. The first-order chi connectivity index (χ1) is 9.11. The summed E-state index contributed by atoms with van der Waals surface area (Å²) in [7, 11) is 0. The third-order valence-electron chi connectivity index (χ3n) is 3.08. The lowest BCUT2D eigenvalue weighted by Gasteiger charge is -2.10. The van der Waals surface area contributed by atoms with Crippen LogP contribution in [0.2, 0.25) is 0 Å². The Hall–Kier alpha value is -1.61. The Labute approximate surface area is 122 Å². The Kier molecular flexibility index (Phi) is 4.38. The number of carbonyl (C=O) groups is 1. The summed E-state index contributed by atoms with van der Waals surface area (Å²) in [6, 6.07) is 13.6. The van der Waals surface area contributed by atoms with Crippen molar-refractivity contribution < 1.29 is 4.79 Å². The van der Waals surface area contributed by atoms with E-state index in [2.05, 4.69) is 28.2 Å². The zero-order valence-corrected chi connectivity index (χ0v) is 12.6. The molecule has 2 aromatic rings. The Morgan fingerprint density at radius 2 is 1.95 bits per heavy atom. The molecule has 0 aliphatic heterocycles. The average molecular weight is 318 g/mol. The maximum absolute atomic E-state index is 12.2. The Balaban J connectivity index is 2.22. The van der Waals surface area contributed by atoms with Gasteiger partial charge in [0, 0.05) is 10.0 Å². The second-order valence-electron chi connectivity index (χ2n) is 4.44. The van der Waals surface area contributed by atoms with Crippen LogP contribution in [-0.2, 0) is 6.42 Å². The predicted molar refractivity (Wildman–Crippen MR) is 82.7 cm³/mol. The summed E-state index contributed by atoms with van der Waals surface area (Å²) in [5.74, 6) is -0.0805. The lowest BCUT2D eigenvalue weighted by molar-refractivity contribution is 0.102. The first kappa shape index (κ1) is 13.8. The zero-order chi connectivity index (χ0) is 13.8. The molecule has 0 saturated carbocycles. The SMILES string of the molecule is CCc1ccc(NC(=O)c2ccccc2C)c(Br)c1. The van der Waals surface area contributed by atoms with Gasteiger partial charge < -0.3 is 5.32 Å². The van der Waals surface area contributed by atoms with Crippen LogP contribution in [0.25, 0.3) is 0 Å². The molecular formula is C16H16BrNO. The molecule has 2 aromatic carbocycles. The molecule has 0 saturated heterocycles. The predicted octanol–water partition coefficient (Wildman–Crippen LogP) is 4.57. The van der Waals surface area contributed by atoms with Crippen LogP contribution < -0.4 is 5.32 Å². The molecule has 0 radical (unpaired) electrons. The maximum atomic E-state index is 12.2. The summed E-state index contributed by atoms with van der Waals surface area (Å²) in [5, 5.41) is 2.93. The topological polar surface area (TPSA) is 29.1 Å². The summed E-state index contributed by atoms with van der Waals surface area (Å²) in [4.78, 5) is 12.2. The number of hydrogen-bond donors (Lipinski definition) is 1. The molecule has 2 rings (SSSR count). The van der Waals surface area contributed by atoms with Crippen molar-refractivity contribution >= 4 is 27.5 Å². The van der Waals surface area contributed by atoms with E-state index in [0.29, 0.717) is 5.56 Å². The van der Waals surface area contributed by atoms with E-state index in [4.69, 9.17) is 0 Å².